The quantitative estimate of drug-likeness (QED) is 0.860. The first-order chi connectivity index (χ1) is 12.5. The monoisotopic (exact) mass is 383 g/mol. The third-order valence-electron chi connectivity index (χ3n) is 5.21. The highest BCUT2D eigenvalue weighted by Gasteiger charge is 2.43. The molecule has 3 rings (SSSR count). The summed E-state index contributed by atoms with van der Waals surface area (Å²) >= 11 is 5.99. The van der Waals surface area contributed by atoms with Crippen LogP contribution in [-0.4, -0.2) is 73.6 Å². The molecule has 0 radical (unpaired) electrons. The van der Waals surface area contributed by atoms with Gasteiger partial charge in [-0.15, -0.1) is 0 Å². The lowest BCUT2D eigenvalue weighted by atomic mass is 9.90. The van der Waals surface area contributed by atoms with E-state index in [4.69, 9.17) is 16.3 Å². The van der Waals surface area contributed by atoms with Crippen molar-refractivity contribution in [3.8, 4) is 0 Å². The molecule has 0 aromatic heterocycles. The van der Waals surface area contributed by atoms with Gasteiger partial charge in [0.15, 0.2) is 0 Å². The van der Waals surface area contributed by atoms with Crippen LogP contribution >= 0.6 is 11.6 Å². The molecule has 0 aliphatic carbocycles. The maximum absolute atomic E-state index is 13.2. The van der Waals surface area contributed by atoms with Crippen LogP contribution in [0.3, 0.4) is 0 Å². The minimum atomic E-state index is -0.766. The Balaban J connectivity index is 1.63. The molecule has 1 aromatic rings. The third kappa shape index (κ3) is 3.70. The Morgan fingerprint density at radius 3 is 2.35 bits per heavy atom. The summed E-state index contributed by atoms with van der Waals surface area (Å²) in [6, 6.07) is 3.75. The Labute approximate surface area is 157 Å². The van der Waals surface area contributed by atoms with Crippen LogP contribution in [0.4, 0.5) is 4.39 Å². The molecule has 0 saturated carbocycles. The van der Waals surface area contributed by atoms with Gasteiger partial charge in [-0.2, -0.15) is 0 Å². The van der Waals surface area contributed by atoms with Crippen molar-refractivity contribution in [2.24, 2.45) is 0 Å². The minimum absolute atomic E-state index is 0.00610. The molecule has 6 nitrogen and oxygen atoms in total. The number of amides is 2. The van der Waals surface area contributed by atoms with Crippen molar-refractivity contribution < 1.29 is 18.7 Å². The lowest BCUT2D eigenvalue weighted by Crippen LogP contribution is -2.59. The van der Waals surface area contributed by atoms with Gasteiger partial charge in [-0.3, -0.25) is 9.59 Å². The number of piperazine rings is 1. The molecular formula is C18H23ClFN3O3. The molecule has 2 heterocycles. The molecule has 2 saturated heterocycles. The Morgan fingerprint density at radius 2 is 1.77 bits per heavy atom. The molecule has 2 amide bonds. The van der Waals surface area contributed by atoms with E-state index in [0.717, 1.165) is 19.2 Å². The van der Waals surface area contributed by atoms with Gasteiger partial charge in [0, 0.05) is 33.3 Å². The first-order valence-electron chi connectivity index (χ1n) is 8.76. The predicted octanol–water partition coefficient (Wildman–Crippen LogP) is 1.53. The second-order valence-corrected chi connectivity index (χ2v) is 7.06. The first kappa shape index (κ1) is 19.1. The molecule has 1 aromatic carbocycles. The number of methoxy groups -OCH3 is 1. The molecule has 2 aliphatic heterocycles. The van der Waals surface area contributed by atoms with Gasteiger partial charge in [-0.05, 0) is 44.1 Å². The number of piperidine rings is 1. The van der Waals surface area contributed by atoms with E-state index in [1.54, 1.807) is 16.9 Å². The highest BCUT2D eigenvalue weighted by Crippen LogP contribution is 2.26. The lowest BCUT2D eigenvalue weighted by Gasteiger charge is -2.42. The average molecular weight is 384 g/mol. The predicted molar refractivity (Wildman–Crippen MR) is 95.7 cm³/mol. The summed E-state index contributed by atoms with van der Waals surface area (Å²) in [4.78, 5) is 29.0. The fraction of sp³-hybridized carbons (Fsp3) is 0.556. The van der Waals surface area contributed by atoms with Crippen molar-refractivity contribution in [3.05, 3.63) is 34.6 Å². The summed E-state index contributed by atoms with van der Waals surface area (Å²) < 4.78 is 18.8. The second-order valence-electron chi connectivity index (χ2n) is 6.66. The fourth-order valence-corrected chi connectivity index (χ4v) is 3.82. The fourth-order valence-electron chi connectivity index (χ4n) is 3.57. The third-order valence-corrected chi connectivity index (χ3v) is 5.52. The zero-order valence-electron chi connectivity index (χ0n) is 14.8. The van der Waals surface area contributed by atoms with Gasteiger partial charge in [-0.25, -0.2) is 4.39 Å². The molecule has 0 spiro atoms. The normalized spacial score (nSPS) is 20.1. The number of halogens is 2. The molecule has 142 valence electrons. The zero-order valence-corrected chi connectivity index (χ0v) is 15.5. The van der Waals surface area contributed by atoms with Crippen LogP contribution in [0.2, 0.25) is 5.02 Å². The van der Waals surface area contributed by atoms with Gasteiger partial charge in [0.1, 0.15) is 11.4 Å². The van der Waals surface area contributed by atoms with Gasteiger partial charge < -0.3 is 19.9 Å². The second kappa shape index (κ2) is 7.90. The highest BCUT2D eigenvalue weighted by molar-refractivity contribution is 6.33. The van der Waals surface area contributed by atoms with E-state index in [1.165, 1.54) is 12.1 Å². The van der Waals surface area contributed by atoms with E-state index in [0.29, 0.717) is 39.0 Å². The van der Waals surface area contributed by atoms with Crippen molar-refractivity contribution in [1.29, 1.82) is 0 Å². The van der Waals surface area contributed by atoms with Crippen molar-refractivity contribution in [2.45, 2.75) is 18.4 Å². The van der Waals surface area contributed by atoms with Crippen molar-refractivity contribution in [2.75, 3.05) is 46.4 Å². The Kier molecular flexibility index (Phi) is 5.79. The van der Waals surface area contributed by atoms with E-state index >= 15 is 0 Å². The van der Waals surface area contributed by atoms with E-state index in [1.807, 2.05) is 0 Å². The maximum atomic E-state index is 13.2. The number of hydrogen-bond donors (Lipinski definition) is 1. The smallest absolute Gasteiger partial charge is 0.255 e. The summed E-state index contributed by atoms with van der Waals surface area (Å²) in [7, 11) is 1.58. The molecule has 0 atom stereocenters. The van der Waals surface area contributed by atoms with Crippen LogP contribution < -0.4 is 5.32 Å². The Hall–Kier alpha value is -1.70. The molecule has 0 bridgehead atoms. The summed E-state index contributed by atoms with van der Waals surface area (Å²) in [6.07, 6.45) is 1.29. The number of benzene rings is 1. The van der Waals surface area contributed by atoms with Gasteiger partial charge in [0.2, 0.25) is 0 Å². The number of nitrogens with one attached hydrogen (secondary N) is 1. The SMILES string of the molecule is COC1(C(=O)N2CCN(C(=O)c3ccc(F)cc3Cl)CC2)CCNCC1. The molecule has 0 unspecified atom stereocenters. The summed E-state index contributed by atoms with van der Waals surface area (Å²) in [5.74, 6) is -0.729. The molecule has 2 fully saturated rings. The summed E-state index contributed by atoms with van der Waals surface area (Å²) in [5, 5.41) is 3.34. The number of hydrogen-bond acceptors (Lipinski definition) is 4. The van der Waals surface area contributed by atoms with Gasteiger partial charge in [0.05, 0.1) is 10.6 Å². The molecule has 2 aliphatic rings. The van der Waals surface area contributed by atoms with Crippen LogP contribution in [0.15, 0.2) is 18.2 Å². The van der Waals surface area contributed by atoms with E-state index in [-0.39, 0.29) is 22.4 Å². The lowest BCUT2D eigenvalue weighted by molar-refractivity contribution is -0.159. The molecular weight excluding hydrogens is 361 g/mol. The minimum Gasteiger partial charge on any atom is -0.368 e. The van der Waals surface area contributed by atoms with Crippen molar-refractivity contribution >= 4 is 23.4 Å². The number of carbonyl (C=O) groups is 2. The van der Waals surface area contributed by atoms with Crippen LogP contribution in [-0.2, 0) is 9.53 Å². The van der Waals surface area contributed by atoms with Crippen LogP contribution in [0.5, 0.6) is 0 Å². The van der Waals surface area contributed by atoms with E-state index in [9.17, 15) is 14.0 Å². The number of ether oxygens (including phenoxy) is 1. The van der Waals surface area contributed by atoms with Crippen LogP contribution in [0, 0.1) is 5.82 Å². The number of nitrogens with zero attached hydrogens (tertiary/aromatic N) is 2. The number of rotatable bonds is 3. The number of carbonyl (C=O) groups excluding carboxylic acids is 2. The van der Waals surface area contributed by atoms with Gasteiger partial charge >= 0.3 is 0 Å². The van der Waals surface area contributed by atoms with E-state index in [2.05, 4.69) is 5.32 Å². The summed E-state index contributed by atoms with van der Waals surface area (Å²) in [6.45, 7) is 3.22. The van der Waals surface area contributed by atoms with Crippen molar-refractivity contribution in [3.63, 3.8) is 0 Å². The van der Waals surface area contributed by atoms with E-state index < -0.39 is 11.4 Å². The summed E-state index contributed by atoms with van der Waals surface area (Å²) in [5.41, 5.74) is -0.489. The molecule has 1 N–H and O–H groups in total. The average Bonchev–Trinajstić information content (AvgIpc) is 2.67. The topological polar surface area (TPSA) is 61.9 Å². The highest BCUT2D eigenvalue weighted by atomic mass is 35.5. The molecule has 8 heteroatoms. The van der Waals surface area contributed by atoms with Crippen LogP contribution in [0.1, 0.15) is 23.2 Å². The zero-order chi connectivity index (χ0) is 18.7. The molecule has 26 heavy (non-hydrogen) atoms. The first-order valence-corrected chi connectivity index (χ1v) is 9.14. The van der Waals surface area contributed by atoms with Gasteiger partial charge in [0.25, 0.3) is 11.8 Å². The Morgan fingerprint density at radius 1 is 1.15 bits per heavy atom. The maximum Gasteiger partial charge on any atom is 0.255 e. The Bertz CT molecular complexity index is 686. The van der Waals surface area contributed by atoms with Crippen LogP contribution in [0.25, 0.3) is 0 Å². The largest absolute Gasteiger partial charge is 0.368 e. The van der Waals surface area contributed by atoms with Crippen molar-refractivity contribution in [1.82, 2.24) is 15.1 Å². The standard InChI is InChI=1S/C18H23ClFN3O3/c1-26-18(4-6-21-7-5-18)17(25)23-10-8-22(9-11-23)16(24)14-3-2-13(20)12-15(14)19/h2-3,12,21H,4-11H2,1H3. The van der Waals surface area contributed by atoms with Gasteiger partial charge in [-0.1, -0.05) is 11.6 Å².